The fourth-order valence-electron chi connectivity index (χ4n) is 2.44. The van der Waals surface area contributed by atoms with Gasteiger partial charge in [0.1, 0.15) is 5.75 Å². The molecule has 1 amide bonds. The summed E-state index contributed by atoms with van der Waals surface area (Å²) in [4.78, 5) is 26.7. The molecule has 0 radical (unpaired) electrons. The largest absolute Gasteiger partial charge is 0.508 e. The molecular formula is C13H12N2O3S2. The van der Waals surface area contributed by atoms with Crippen molar-refractivity contribution in [3.63, 3.8) is 0 Å². The minimum Gasteiger partial charge on any atom is -0.508 e. The van der Waals surface area contributed by atoms with Gasteiger partial charge in [-0.25, -0.2) is 0 Å². The molecule has 1 aromatic carbocycles. The van der Waals surface area contributed by atoms with Gasteiger partial charge in [0.2, 0.25) is 5.91 Å². The number of thiazole rings is 1. The number of hydrogen-bond acceptors (Lipinski definition) is 5. The zero-order valence-electron chi connectivity index (χ0n) is 10.3. The number of hydrogen-bond donors (Lipinski definition) is 3. The summed E-state index contributed by atoms with van der Waals surface area (Å²) in [6.07, 6.45) is 0. The molecule has 104 valence electrons. The van der Waals surface area contributed by atoms with Crippen molar-refractivity contribution in [3.8, 4) is 5.75 Å². The van der Waals surface area contributed by atoms with E-state index in [4.69, 9.17) is 5.73 Å². The summed E-state index contributed by atoms with van der Waals surface area (Å²) in [5.41, 5.74) is 6.12. The van der Waals surface area contributed by atoms with Crippen LogP contribution in [0.15, 0.2) is 34.1 Å². The fraction of sp³-hybridized carbons (Fsp3) is 0.231. The molecule has 0 saturated carbocycles. The van der Waals surface area contributed by atoms with Gasteiger partial charge in [-0.15, -0.1) is 11.8 Å². The number of para-hydroxylation sites is 1. The second-order valence-corrected chi connectivity index (χ2v) is 6.61. The Morgan fingerprint density at radius 2 is 2.15 bits per heavy atom. The molecule has 2 unspecified atom stereocenters. The number of carbonyl (C=O) groups excluding carboxylic acids is 1. The Kier molecular flexibility index (Phi) is 3.31. The average molecular weight is 308 g/mol. The molecule has 20 heavy (non-hydrogen) atoms. The molecule has 0 spiro atoms. The highest BCUT2D eigenvalue weighted by molar-refractivity contribution is 7.99. The first kappa shape index (κ1) is 13.3. The van der Waals surface area contributed by atoms with Crippen molar-refractivity contribution in [2.45, 2.75) is 10.9 Å². The number of primary amides is 1. The Balaban J connectivity index is 2.19. The fourth-order valence-corrected chi connectivity index (χ4v) is 4.86. The van der Waals surface area contributed by atoms with Crippen molar-refractivity contribution in [2.24, 2.45) is 11.7 Å². The van der Waals surface area contributed by atoms with Crippen LogP contribution in [0.2, 0.25) is 0 Å². The Morgan fingerprint density at radius 1 is 1.40 bits per heavy atom. The van der Waals surface area contributed by atoms with E-state index in [-0.39, 0.29) is 16.5 Å². The van der Waals surface area contributed by atoms with Crippen LogP contribution < -0.4 is 10.6 Å². The van der Waals surface area contributed by atoms with Gasteiger partial charge in [-0.3, -0.25) is 9.59 Å². The normalized spacial score (nSPS) is 21.4. The molecule has 1 aliphatic rings. The molecule has 2 heterocycles. The third-order valence-electron chi connectivity index (χ3n) is 3.37. The number of nitrogens with one attached hydrogen (secondary N) is 1. The third kappa shape index (κ3) is 2.12. The summed E-state index contributed by atoms with van der Waals surface area (Å²) in [6.45, 7) is 0. The molecule has 4 N–H and O–H groups in total. The molecule has 2 aromatic rings. The molecular weight excluding hydrogens is 296 g/mol. The van der Waals surface area contributed by atoms with Gasteiger partial charge >= 0.3 is 4.87 Å². The van der Waals surface area contributed by atoms with Crippen LogP contribution in [0.5, 0.6) is 5.75 Å². The Morgan fingerprint density at radius 3 is 2.85 bits per heavy atom. The van der Waals surface area contributed by atoms with Gasteiger partial charge in [-0.2, -0.15) is 0 Å². The predicted molar refractivity (Wildman–Crippen MR) is 78.3 cm³/mol. The summed E-state index contributed by atoms with van der Waals surface area (Å²) in [7, 11) is 0. The van der Waals surface area contributed by atoms with Crippen LogP contribution in [-0.4, -0.2) is 21.8 Å². The summed E-state index contributed by atoms with van der Waals surface area (Å²) in [6, 6.07) is 6.85. The topological polar surface area (TPSA) is 96.2 Å². The lowest BCUT2D eigenvalue weighted by molar-refractivity contribution is -0.121. The zero-order valence-corrected chi connectivity index (χ0v) is 12.0. The highest BCUT2D eigenvalue weighted by Gasteiger charge is 2.38. The number of nitrogens with two attached hydrogens (primary N) is 1. The summed E-state index contributed by atoms with van der Waals surface area (Å²) < 4.78 is 0. The number of phenols is 1. The number of aromatic hydroxyl groups is 1. The predicted octanol–water partition coefficient (Wildman–Crippen LogP) is 1.48. The quantitative estimate of drug-likeness (QED) is 0.783. The lowest BCUT2D eigenvalue weighted by Gasteiger charge is -2.29. The first-order valence-electron chi connectivity index (χ1n) is 6.01. The van der Waals surface area contributed by atoms with E-state index >= 15 is 0 Å². The molecule has 2 atom stereocenters. The van der Waals surface area contributed by atoms with E-state index in [1.54, 1.807) is 24.3 Å². The van der Waals surface area contributed by atoms with E-state index in [1.165, 1.54) is 11.8 Å². The molecule has 0 fully saturated rings. The van der Waals surface area contributed by atoms with Crippen molar-refractivity contribution in [3.05, 3.63) is 44.4 Å². The van der Waals surface area contributed by atoms with Crippen molar-refractivity contribution >= 4 is 29.0 Å². The standard InChI is InChI=1S/C13H12N2O3S2/c14-11(17)7-5-19-12-10(20-13(18)15-12)9(7)6-3-1-2-4-8(6)16/h1-4,7,9,16H,5H2,(H2,14,17)(H,15,18). The van der Waals surface area contributed by atoms with Gasteiger partial charge in [-0.05, 0) is 6.07 Å². The molecule has 1 aromatic heterocycles. The SMILES string of the molecule is NC(=O)C1CSc2[nH]c(=O)sc2C1c1ccccc1O. The average Bonchev–Trinajstić information content (AvgIpc) is 2.78. The van der Waals surface area contributed by atoms with Crippen LogP contribution in [-0.2, 0) is 4.79 Å². The van der Waals surface area contributed by atoms with Crippen LogP contribution in [0, 0.1) is 5.92 Å². The second-order valence-electron chi connectivity index (χ2n) is 4.56. The molecule has 3 rings (SSSR count). The monoisotopic (exact) mass is 308 g/mol. The minimum absolute atomic E-state index is 0.113. The Hall–Kier alpha value is -1.73. The van der Waals surface area contributed by atoms with Crippen LogP contribution in [0.4, 0.5) is 0 Å². The van der Waals surface area contributed by atoms with Crippen molar-refractivity contribution < 1.29 is 9.90 Å². The number of H-pyrrole nitrogens is 1. The maximum Gasteiger partial charge on any atom is 0.305 e. The molecule has 0 saturated heterocycles. The number of thioether (sulfide) groups is 1. The summed E-state index contributed by atoms with van der Waals surface area (Å²) in [5, 5.41) is 10.8. The number of rotatable bonds is 2. The molecule has 1 aliphatic heterocycles. The lowest BCUT2D eigenvalue weighted by atomic mass is 9.85. The van der Waals surface area contributed by atoms with Crippen molar-refractivity contribution in [2.75, 3.05) is 5.75 Å². The lowest BCUT2D eigenvalue weighted by Crippen LogP contribution is -2.33. The number of carbonyl (C=O) groups is 1. The number of phenolic OH excluding ortho intramolecular Hbond substituents is 1. The maximum absolute atomic E-state index is 11.7. The van der Waals surface area contributed by atoms with Crippen molar-refractivity contribution in [1.82, 2.24) is 4.98 Å². The molecule has 0 aliphatic carbocycles. The minimum atomic E-state index is -0.438. The van der Waals surface area contributed by atoms with E-state index in [2.05, 4.69) is 4.98 Å². The number of benzene rings is 1. The maximum atomic E-state index is 11.7. The first-order chi connectivity index (χ1) is 9.58. The van der Waals surface area contributed by atoms with E-state index in [0.29, 0.717) is 11.3 Å². The van der Waals surface area contributed by atoms with Crippen LogP contribution >= 0.6 is 23.1 Å². The van der Waals surface area contributed by atoms with Crippen LogP contribution in [0.1, 0.15) is 16.4 Å². The van der Waals surface area contributed by atoms with Gasteiger partial charge in [0.25, 0.3) is 0 Å². The van der Waals surface area contributed by atoms with Gasteiger partial charge in [0, 0.05) is 22.1 Å². The van der Waals surface area contributed by atoms with E-state index in [1.807, 2.05) is 0 Å². The van der Waals surface area contributed by atoms with Gasteiger partial charge in [0.05, 0.1) is 10.9 Å². The number of amides is 1. The van der Waals surface area contributed by atoms with E-state index in [0.717, 1.165) is 21.2 Å². The Labute approximate surface area is 122 Å². The second kappa shape index (κ2) is 4.99. The zero-order chi connectivity index (χ0) is 14.3. The summed E-state index contributed by atoms with van der Waals surface area (Å²) in [5.74, 6) is -0.616. The van der Waals surface area contributed by atoms with Crippen molar-refractivity contribution in [1.29, 1.82) is 0 Å². The van der Waals surface area contributed by atoms with Gasteiger partial charge in [-0.1, -0.05) is 29.5 Å². The van der Waals surface area contributed by atoms with Gasteiger partial charge in [0.15, 0.2) is 0 Å². The molecule has 7 heteroatoms. The van der Waals surface area contributed by atoms with Crippen LogP contribution in [0.25, 0.3) is 0 Å². The number of aromatic amines is 1. The first-order valence-corrected chi connectivity index (χ1v) is 7.81. The molecule has 5 nitrogen and oxygen atoms in total. The molecule has 0 bridgehead atoms. The van der Waals surface area contributed by atoms with E-state index in [9.17, 15) is 14.7 Å². The third-order valence-corrected chi connectivity index (χ3v) is 5.60. The highest BCUT2D eigenvalue weighted by Crippen LogP contribution is 2.46. The van der Waals surface area contributed by atoms with Gasteiger partial charge < -0.3 is 15.8 Å². The Bertz CT molecular complexity index is 722. The van der Waals surface area contributed by atoms with Crippen LogP contribution in [0.3, 0.4) is 0 Å². The number of aromatic nitrogens is 1. The van der Waals surface area contributed by atoms with E-state index < -0.39 is 11.8 Å². The highest BCUT2D eigenvalue weighted by atomic mass is 32.2. The summed E-state index contributed by atoms with van der Waals surface area (Å²) >= 11 is 2.49. The smallest absolute Gasteiger partial charge is 0.305 e. The number of fused-ring (bicyclic) bond motifs is 1.